The van der Waals surface area contributed by atoms with Crippen LogP contribution in [-0.4, -0.2) is 5.71 Å². The molecule has 38 heavy (non-hydrogen) atoms. The molecule has 5 aromatic rings. The molecule has 5 aromatic carbocycles. The molecule has 0 N–H and O–H groups in total. The molecule has 0 aromatic heterocycles. The Hall–Kier alpha value is -4.49. The van der Waals surface area contributed by atoms with Crippen molar-refractivity contribution >= 4 is 11.4 Å². The summed E-state index contributed by atoms with van der Waals surface area (Å²) in [4.78, 5) is 5.24. The van der Waals surface area contributed by atoms with Crippen LogP contribution in [0.2, 0.25) is 0 Å². The van der Waals surface area contributed by atoms with Crippen LogP contribution < -0.4 is 0 Å². The smallest absolute Gasteiger partial charge is 0.0668 e. The van der Waals surface area contributed by atoms with E-state index in [0.29, 0.717) is 0 Å². The van der Waals surface area contributed by atoms with Crippen LogP contribution in [0.25, 0.3) is 28.0 Å². The third-order valence-corrected chi connectivity index (χ3v) is 7.44. The van der Waals surface area contributed by atoms with Crippen LogP contribution in [0, 0.1) is 6.92 Å². The first kappa shape index (κ1) is 23.9. The summed E-state index contributed by atoms with van der Waals surface area (Å²) in [5.41, 5.74) is 15.0. The Morgan fingerprint density at radius 2 is 1.34 bits per heavy atom. The van der Waals surface area contributed by atoms with Gasteiger partial charge in [-0.3, -0.25) is 4.99 Å². The molecule has 0 aliphatic heterocycles. The van der Waals surface area contributed by atoms with E-state index in [0.717, 1.165) is 29.8 Å². The van der Waals surface area contributed by atoms with Crippen LogP contribution in [0.3, 0.4) is 0 Å². The Bertz CT molecular complexity index is 1660. The van der Waals surface area contributed by atoms with Crippen molar-refractivity contribution < 1.29 is 0 Å². The van der Waals surface area contributed by atoms with Crippen LogP contribution in [0.1, 0.15) is 40.3 Å². The molecule has 0 heterocycles. The Morgan fingerprint density at radius 3 is 2.13 bits per heavy atom. The van der Waals surface area contributed by atoms with Gasteiger partial charge in [0.05, 0.1) is 5.70 Å². The van der Waals surface area contributed by atoms with Gasteiger partial charge in [0, 0.05) is 11.3 Å². The number of hydrogen-bond acceptors (Lipinski definition) is 1. The summed E-state index contributed by atoms with van der Waals surface area (Å²) < 4.78 is 0. The van der Waals surface area contributed by atoms with Crippen molar-refractivity contribution in [1.82, 2.24) is 0 Å². The van der Waals surface area contributed by atoms with E-state index in [9.17, 15) is 0 Å². The van der Waals surface area contributed by atoms with Crippen LogP contribution >= 0.6 is 0 Å². The zero-order valence-corrected chi connectivity index (χ0v) is 22.0. The maximum atomic E-state index is 5.24. The van der Waals surface area contributed by atoms with E-state index < -0.39 is 0 Å². The average Bonchev–Trinajstić information content (AvgIpc) is 3.34. The standard InChI is InChI=1S/C37H31N/c1-26-20-22-30-25-36-33(18-11-19-34(36)35(30)24-26)32-17-10-9-16-31(32)27(2)38-37(29-14-7-4-8-15-29)23-21-28-12-5-3-6-13-28/h3-20,22-24H,21,25H2,1-2H3/b37-23-,38-27?. The second-order valence-electron chi connectivity index (χ2n) is 10.1. The molecule has 0 saturated heterocycles. The van der Waals surface area contributed by atoms with E-state index in [2.05, 4.69) is 141 Å². The van der Waals surface area contributed by atoms with Crippen LogP contribution in [0.15, 0.2) is 132 Å². The van der Waals surface area contributed by atoms with E-state index in [1.807, 2.05) is 0 Å². The van der Waals surface area contributed by atoms with Gasteiger partial charge < -0.3 is 0 Å². The molecular weight excluding hydrogens is 458 g/mol. The van der Waals surface area contributed by atoms with Gasteiger partial charge in [-0.15, -0.1) is 0 Å². The third kappa shape index (κ3) is 4.76. The SMILES string of the molecule is CC(=N/C(=C\Cc1ccccc1)c1ccccc1)c1ccccc1-c1cccc2c1Cc1ccc(C)cc1-2. The lowest BCUT2D eigenvalue weighted by Crippen LogP contribution is -2.01. The van der Waals surface area contributed by atoms with Gasteiger partial charge in [-0.05, 0) is 71.2 Å². The molecule has 184 valence electrons. The van der Waals surface area contributed by atoms with Crippen molar-refractivity contribution in [3.63, 3.8) is 0 Å². The topological polar surface area (TPSA) is 12.4 Å². The van der Waals surface area contributed by atoms with Crippen molar-refractivity contribution in [2.75, 3.05) is 0 Å². The first-order chi connectivity index (χ1) is 18.7. The van der Waals surface area contributed by atoms with Crippen LogP contribution in [-0.2, 0) is 12.8 Å². The quantitative estimate of drug-likeness (QED) is 0.207. The van der Waals surface area contributed by atoms with Crippen molar-refractivity contribution in [2.24, 2.45) is 4.99 Å². The fourth-order valence-corrected chi connectivity index (χ4v) is 5.51. The summed E-state index contributed by atoms with van der Waals surface area (Å²) in [5, 5.41) is 0. The Labute approximate surface area is 225 Å². The lowest BCUT2D eigenvalue weighted by Gasteiger charge is -2.14. The molecule has 0 bridgehead atoms. The summed E-state index contributed by atoms with van der Waals surface area (Å²) in [6.45, 7) is 4.31. The largest absolute Gasteiger partial charge is 0.253 e. The molecule has 1 aliphatic carbocycles. The van der Waals surface area contributed by atoms with Gasteiger partial charge in [0.1, 0.15) is 0 Å². The number of benzene rings is 5. The summed E-state index contributed by atoms with van der Waals surface area (Å²) in [6.07, 6.45) is 4.06. The van der Waals surface area contributed by atoms with Gasteiger partial charge in [0.2, 0.25) is 0 Å². The van der Waals surface area contributed by atoms with Gasteiger partial charge in [-0.25, -0.2) is 0 Å². The highest BCUT2D eigenvalue weighted by Crippen LogP contribution is 2.42. The number of fused-ring (bicyclic) bond motifs is 3. The number of nitrogens with zero attached hydrogens (tertiary/aromatic N) is 1. The monoisotopic (exact) mass is 489 g/mol. The summed E-state index contributed by atoms with van der Waals surface area (Å²) in [6, 6.07) is 43.4. The molecule has 1 heteroatoms. The van der Waals surface area contributed by atoms with Gasteiger partial charge in [0.15, 0.2) is 0 Å². The molecule has 0 unspecified atom stereocenters. The summed E-state index contributed by atoms with van der Waals surface area (Å²) >= 11 is 0. The molecule has 0 atom stereocenters. The second-order valence-corrected chi connectivity index (χ2v) is 10.1. The predicted molar refractivity (Wildman–Crippen MR) is 162 cm³/mol. The highest BCUT2D eigenvalue weighted by atomic mass is 14.8. The zero-order valence-electron chi connectivity index (χ0n) is 22.0. The molecule has 1 nitrogen and oxygen atoms in total. The molecule has 0 saturated carbocycles. The lowest BCUT2D eigenvalue weighted by molar-refractivity contribution is 1.25. The number of allylic oxidation sites excluding steroid dienone is 1. The van der Waals surface area contributed by atoms with E-state index in [-0.39, 0.29) is 0 Å². The molecule has 0 spiro atoms. The average molecular weight is 490 g/mol. The fourth-order valence-electron chi connectivity index (χ4n) is 5.51. The van der Waals surface area contributed by atoms with Gasteiger partial charge in [0.25, 0.3) is 0 Å². The van der Waals surface area contributed by atoms with Crippen LogP contribution in [0.5, 0.6) is 0 Å². The normalized spacial score (nSPS) is 12.8. The van der Waals surface area contributed by atoms with E-state index >= 15 is 0 Å². The Morgan fingerprint density at radius 1 is 0.684 bits per heavy atom. The van der Waals surface area contributed by atoms with Gasteiger partial charge >= 0.3 is 0 Å². The predicted octanol–water partition coefficient (Wildman–Crippen LogP) is 9.33. The van der Waals surface area contributed by atoms with Crippen LogP contribution in [0.4, 0.5) is 0 Å². The first-order valence-electron chi connectivity index (χ1n) is 13.3. The summed E-state index contributed by atoms with van der Waals surface area (Å²) in [7, 11) is 0. The van der Waals surface area contributed by atoms with Crippen molar-refractivity contribution in [3.05, 3.63) is 161 Å². The molecular formula is C37H31N. The second kappa shape index (κ2) is 10.5. The fraction of sp³-hybridized carbons (Fsp3) is 0.108. The molecule has 0 fully saturated rings. The maximum absolute atomic E-state index is 5.24. The van der Waals surface area contributed by atoms with Crippen molar-refractivity contribution in [3.8, 4) is 22.3 Å². The number of aliphatic imine (C=N–C) groups is 1. The van der Waals surface area contributed by atoms with E-state index in [1.165, 1.54) is 50.1 Å². The molecule has 6 rings (SSSR count). The number of hydrogen-bond donors (Lipinski definition) is 0. The van der Waals surface area contributed by atoms with Gasteiger partial charge in [-0.1, -0.05) is 133 Å². The van der Waals surface area contributed by atoms with Gasteiger partial charge in [-0.2, -0.15) is 0 Å². The molecule has 1 aliphatic rings. The number of rotatable bonds is 6. The highest BCUT2D eigenvalue weighted by molar-refractivity contribution is 6.07. The minimum Gasteiger partial charge on any atom is -0.253 e. The zero-order chi connectivity index (χ0) is 25.9. The maximum Gasteiger partial charge on any atom is 0.0668 e. The van der Waals surface area contributed by atoms with E-state index in [4.69, 9.17) is 4.99 Å². The molecule has 0 radical (unpaired) electrons. The minimum atomic E-state index is 0.841. The van der Waals surface area contributed by atoms with Crippen molar-refractivity contribution in [1.29, 1.82) is 0 Å². The third-order valence-electron chi connectivity index (χ3n) is 7.44. The first-order valence-corrected chi connectivity index (χ1v) is 13.3. The Balaban J connectivity index is 1.42. The van der Waals surface area contributed by atoms with Crippen molar-refractivity contribution in [2.45, 2.75) is 26.7 Å². The van der Waals surface area contributed by atoms with E-state index in [1.54, 1.807) is 0 Å². The highest BCUT2D eigenvalue weighted by Gasteiger charge is 2.22. The molecule has 0 amide bonds. The minimum absolute atomic E-state index is 0.841. The Kier molecular flexibility index (Phi) is 6.58. The lowest BCUT2D eigenvalue weighted by atomic mass is 9.91. The number of aryl methyl sites for hydroxylation is 1. The summed E-state index contributed by atoms with van der Waals surface area (Å²) in [5.74, 6) is 0.